The van der Waals surface area contributed by atoms with Crippen molar-refractivity contribution in [3.63, 3.8) is 0 Å². The Bertz CT molecular complexity index is 1990. The van der Waals surface area contributed by atoms with Crippen LogP contribution in [0.2, 0.25) is 0 Å². The van der Waals surface area contributed by atoms with Gasteiger partial charge in [0.25, 0.3) is 0 Å². The Morgan fingerprint density at radius 2 is 1.60 bits per heavy atom. The Hall–Kier alpha value is -3.85. The first-order valence-corrected chi connectivity index (χ1v) is 21.4. The van der Waals surface area contributed by atoms with Crippen LogP contribution in [0.15, 0.2) is 69.6 Å². The number of hydrogen-bond acceptors (Lipinski definition) is 10. The zero-order chi connectivity index (χ0) is 41.6. The van der Waals surface area contributed by atoms with Gasteiger partial charge in [0.1, 0.15) is 34.7 Å². The molecule has 1 atom stereocenters. The van der Waals surface area contributed by atoms with Crippen LogP contribution in [-0.4, -0.2) is 97.0 Å². The maximum atomic E-state index is 12.3. The first-order chi connectivity index (χ1) is 27.1. The van der Waals surface area contributed by atoms with E-state index in [-0.39, 0.29) is 16.7 Å². The van der Waals surface area contributed by atoms with Gasteiger partial charge in [-0.25, -0.2) is 13.0 Å². The van der Waals surface area contributed by atoms with Gasteiger partial charge in [-0.05, 0) is 99.1 Å². The van der Waals surface area contributed by atoms with E-state index in [4.69, 9.17) is 23.4 Å². The third-order valence-electron chi connectivity index (χ3n) is 10.4. The lowest BCUT2D eigenvalue weighted by atomic mass is 9.78. The zero-order valence-corrected chi connectivity index (χ0v) is 35.6. The minimum atomic E-state index is -4.72. The van der Waals surface area contributed by atoms with E-state index in [1.807, 2.05) is 25.2 Å². The summed E-state index contributed by atoms with van der Waals surface area (Å²) in [5, 5.41) is 10.3. The number of methoxy groups -OCH3 is 1. The monoisotopic (exact) mass is 810 g/mol. The van der Waals surface area contributed by atoms with Crippen molar-refractivity contribution >= 4 is 27.9 Å². The highest BCUT2D eigenvalue weighted by Crippen LogP contribution is 2.51. The van der Waals surface area contributed by atoms with Gasteiger partial charge in [-0.2, -0.15) is 0 Å². The van der Waals surface area contributed by atoms with Crippen LogP contribution < -0.4 is 14.8 Å². The van der Waals surface area contributed by atoms with Crippen molar-refractivity contribution in [2.75, 3.05) is 77.9 Å². The molecular formula is C44H62N2O10S. The molecule has 2 aliphatic heterocycles. The van der Waals surface area contributed by atoms with Gasteiger partial charge in [0.2, 0.25) is 5.36 Å². The van der Waals surface area contributed by atoms with Gasteiger partial charge in [-0.15, -0.1) is 0 Å². The van der Waals surface area contributed by atoms with Crippen LogP contribution >= 0.6 is 0 Å². The smallest absolute Gasteiger partial charge is 0.303 e. The highest BCUT2D eigenvalue weighted by atomic mass is 32.2. The molecule has 1 unspecified atom stereocenters. The maximum Gasteiger partial charge on any atom is 0.303 e. The molecular weight excluding hydrogens is 749 g/mol. The summed E-state index contributed by atoms with van der Waals surface area (Å²) in [6.07, 6.45) is 8.46. The first kappa shape index (κ1) is 45.8. The van der Waals surface area contributed by atoms with Crippen LogP contribution in [0.25, 0.3) is 17.4 Å². The Morgan fingerprint density at radius 3 is 2.21 bits per heavy atom. The molecule has 1 aromatic rings. The molecule has 57 heavy (non-hydrogen) atoms. The lowest BCUT2D eigenvalue weighted by Gasteiger charge is -2.30. The van der Waals surface area contributed by atoms with Gasteiger partial charge < -0.3 is 37.9 Å². The molecule has 0 fully saturated rings. The fraction of sp³-hybridized carbons (Fsp3) is 0.545. The quantitative estimate of drug-likeness (QED) is 0.0612. The summed E-state index contributed by atoms with van der Waals surface area (Å²) in [5.41, 5.74) is 3.74. The molecule has 0 saturated heterocycles. The number of benzene rings is 2. The summed E-state index contributed by atoms with van der Waals surface area (Å²) in [6, 6.07) is 13.0. The number of fused-ring (bicyclic) bond motifs is 2. The molecule has 0 amide bonds. The molecule has 13 heteroatoms. The van der Waals surface area contributed by atoms with Crippen molar-refractivity contribution in [3.05, 3.63) is 82.6 Å². The predicted molar refractivity (Wildman–Crippen MR) is 222 cm³/mol. The second-order valence-electron chi connectivity index (χ2n) is 15.5. The summed E-state index contributed by atoms with van der Waals surface area (Å²) in [4.78, 5) is 13.1. The van der Waals surface area contributed by atoms with E-state index in [2.05, 4.69) is 68.4 Å². The largest absolute Gasteiger partial charge is 0.744 e. The third kappa shape index (κ3) is 12.6. The van der Waals surface area contributed by atoms with Gasteiger partial charge in [0.05, 0.1) is 50.6 Å². The van der Waals surface area contributed by atoms with Gasteiger partial charge in [0.15, 0.2) is 0 Å². The van der Waals surface area contributed by atoms with Gasteiger partial charge >= 0.3 is 5.97 Å². The van der Waals surface area contributed by atoms with Crippen LogP contribution in [0.3, 0.4) is 0 Å². The van der Waals surface area contributed by atoms with Crippen LogP contribution in [0.1, 0.15) is 90.5 Å². The molecule has 0 aromatic heterocycles. The minimum absolute atomic E-state index is 0.0918. The number of unbranched alkanes of at least 4 members (excludes halogenated alkanes) is 2. The number of hydrogen-bond donors (Lipinski definition) is 1. The van der Waals surface area contributed by atoms with Crippen molar-refractivity contribution in [2.45, 2.75) is 89.4 Å². The standard InChI is InChI=1S/C44H62N2O10S/c1-8-45(9-2)33-17-19-36-37(43(3,4)5)31-34(56-40(36)30-33)14-13-15-41-44(6,21-23-53-26-27-55-29-28-54-25-24-52-7)38-32-35(57(49,50)51)18-20-39(38)46(41)22-12-10-11-16-42(47)48/h13-15,17-20,30-32H,8-12,16,21-29H2,1-7H3,(H-,47,48,49,50,51). The molecule has 314 valence electrons. The molecule has 3 aliphatic rings. The number of anilines is 1. The summed E-state index contributed by atoms with van der Waals surface area (Å²) in [6.45, 7) is 18.2. The molecule has 0 saturated carbocycles. The number of rotatable bonds is 23. The average Bonchev–Trinajstić information content (AvgIpc) is 3.38. The van der Waals surface area contributed by atoms with Crippen molar-refractivity contribution in [1.82, 2.24) is 4.58 Å². The van der Waals surface area contributed by atoms with Crippen molar-refractivity contribution in [3.8, 4) is 11.3 Å². The molecule has 0 bridgehead atoms. The molecule has 1 aromatic carbocycles. The molecule has 0 radical (unpaired) electrons. The number of ether oxygens (including phenoxy) is 4. The number of carboxylic acids is 1. The normalized spacial score (nSPS) is 16.6. The average molecular weight is 811 g/mol. The fourth-order valence-electron chi connectivity index (χ4n) is 7.29. The van der Waals surface area contributed by atoms with Crippen molar-refractivity contribution < 1.29 is 46.2 Å². The number of carboxylic acid groups (broad SMARTS) is 1. The van der Waals surface area contributed by atoms with Crippen LogP contribution in [0.4, 0.5) is 5.69 Å². The molecule has 12 nitrogen and oxygen atoms in total. The molecule has 4 rings (SSSR count). The molecule has 2 heterocycles. The number of carbonyl (C=O) groups is 1. The Morgan fingerprint density at radius 1 is 0.930 bits per heavy atom. The zero-order valence-electron chi connectivity index (χ0n) is 34.8. The first-order valence-electron chi connectivity index (χ1n) is 20.0. The van der Waals surface area contributed by atoms with E-state index in [1.54, 1.807) is 13.2 Å². The maximum absolute atomic E-state index is 12.3. The lowest BCUT2D eigenvalue weighted by molar-refractivity contribution is -0.137. The van der Waals surface area contributed by atoms with Crippen molar-refractivity contribution in [1.29, 1.82) is 0 Å². The topological polar surface area (TPSA) is 151 Å². The van der Waals surface area contributed by atoms with Crippen molar-refractivity contribution in [2.24, 2.45) is 0 Å². The van der Waals surface area contributed by atoms with E-state index in [0.717, 1.165) is 46.7 Å². The Balaban J connectivity index is 1.71. The van der Waals surface area contributed by atoms with Gasteiger partial charge in [0, 0.05) is 55.1 Å². The summed E-state index contributed by atoms with van der Waals surface area (Å²) in [5.74, 6) is 0.655. The number of nitrogens with zero attached hydrogens (tertiary/aromatic N) is 2. The Labute approximate surface area is 338 Å². The SMILES string of the molecule is CC[N+](CC)=c1ccc2c(C(C)(C)C)cc(/C=C/C=C3/N(CCCCCC(=O)O)c4ccc(S(=O)(=O)[O-])cc4C3(C)CCOCCOCCOCCOC)oc-2c1. The summed E-state index contributed by atoms with van der Waals surface area (Å²) >= 11 is 0. The van der Waals surface area contributed by atoms with E-state index < -0.39 is 21.5 Å². The molecule has 1 aliphatic carbocycles. The van der Waals surface area contributed by atoms with E-state index in [1.165, 1.54) is 12.1 Å². The second-order valence-corrected chi connectivity index (χ2v) is 16.9. The predicted octanol–water partition coefficient (Wildman–Crippen LogP) is 6.80. The lowest BCUT2D eigenvalue weighted by Crippen LogP contribution is -2.30. The minimum Gasteiger partial charge on any atom is -0.744 e. The third-order valence-corrected chi connectivity index (χ3v) is 11.2. The van der Waals surface area contributed by atoms with E-state index >= 15 is 0 Å². The number of allylic oxidation sites excluding steroid dienone is 3. The summed E-state index contributed by atoms with van der Waals surface area (Å²) < 4.78 is 67.7. The Kier molecular flexibility index (Phi) is 17.1. The molecule has 0 spiro atoms. The highest BCUT2D eigenvalue weighted by Gasteiger charge is 2.43. The van der Waals surface area contributed by atoms with E-state index in [0.29, 0.717) is 89.8 Å². The van der Waals surface area contributed by atoms with Crippen LogP contribution in [-0.2, 0) is 44.7 Å². The van der Waals surface area contributed by atoms with Crippen LogP contribution in [0, 0.1) is 0 Å². The van der Waals surface area contributed by atoms with Gasteiger partial charge in [-0.3, -0.25) is 4.79 Å². The number of aliphatic carboxylic acids is 1. The van der Waals surface area contributed by atoms with Gasteiger partial charge in [-0.1, -0.05) is 33.3 Å². The molecule has 1 N–H and O–H groups in total. The fourth-order valence-corrected chi connectivity index (χ4v) is 7.79. The van der Waals surface area contributed by atoms with E-state index in [9.17, 15) is 22.9 Å². The second kappa shape index (κ2) is 21.2. The summed E-state index contributed by atoms with van der Waals surface area (Å²) in [7, 11) is -3.10. The highest BCUT2D eigenvalue weighted by molar-refractivity contribution is 7.85. The van der Waals surface area contributed by atoms with Crippen LogP contribution in [0.5, 0.6) is 0 Å².